The van der Waals surface area contributed by atoms with Crippen LogP contribution < -0.4 is 5.32 Å². The van der Waals surface area contributed by atoms with Crippen LogP contribution in [0.4, 0.5) is 0 Å². The third kappa shape index (κ3) is 1.72. The lowest BCUT2D eigenvalue weighted by molar-refractivity contribution is 0.0796. The molecule has 0 aromatic heterocycles. The Balaban J connectivity index is 1.71. The van der Waals surface area contributed by atoms with E-state index in [9.17, 15) is 0 Å². The first-order valence-corrected chi connectivity index (χ1v) is 7.48. The van der Waals surface area contributed by atoms with E-state index in [-0.39, 0.29) is 0 Å². The van der Waals surface area contributed by atoms with Crippen molar-refractivity contribution < 1.29 is 0 Å². The molecule has 0 amide bonds. The Morgan fingerprint density at radius 1 is 1.25 bits per heavy atom. The third-order valence-electron chi connectivity index (χ3n) is 5.91. The first-order chi connectivity index (χ1) is 7.74. The molecule has 2 bridgehead atoms. The molecule has 0 aliphatic heterocycles. The van der Waals surface area contributed by atoms with Crippen LogP contribution >= 0.6 is 0 Å². The quantitative estimate of drug-likeness (QED) is 0.748. The summed E-state index contributed by atoms with van der Waals surface area (Å²) in [6.45, 7) is 6.22. The Morgan fingerprint density at radius 3 is 2.56 bits per heavy atom. The van der Waals surface area contributed by atoms with E-state index >= 15 is 0 Å². The molecule has 3 rings (SSSR count). The van der Waals surface area contributed by atoms with Gasteiger partial charge in [0.05, 0.1) is 0 Å². The summed E-state index contributed by atoms with van der Waals surface area (Å²) in [4.78, 5) is 0. The first kappa shape index (κ1) is 11.1. The summed E-state index contributed by atoms with van der Waals surface area (Å²) in [6.07, 6.45) is 10.4. The molecule has 3 aliphatic rings. The van der Waals surface area contributed by atoms with Crippen molar-refractivity contribution in [2.24, 2.45) is 23.2 Å². The van der Waals surface area contributed by atoms with Gasteiger partial charge < -0.3 is 5.32 Å². The van der Waals surface area contributed by atoms with Gasteiger partial charge in [-0.1, -0.05) is 26.7 Å². The van der Waals surface area contributed by atoms with Gasteiger partial charge in [0.25, 0.3) is 0 Å². The Labute approximate surface area is 100 Å². The van der Waals surface area contributed by atoms with Gasteiger partial charge in [-0.05, 0) is 55.3 Å². The van der Waals surface area contributed by atoms with Crippen molar-refractivity contribution in [1.29, 1.82) is 0 Å². The van der Waals surface area contributed by atoms with Gasteiger partial charge in [-0.15, -0.1) is 0 Å². The molecule has 16 heavy (non-hydrogen) atoms. The lowest BCUT2D eigenvalue weighted by Crippen LogP contribution is -2.44. The molecule has 3 fully saturated rings. The molecule has 92 valence electrons. The van der Waals surface area contributed by atoms with Gasteiger partial charge in [-0.25, -0.2) is 0 Å². The summed E-state index contributed by atoms with van der Waals surface area (Å²) >= 11 is 0. The average Bonchev–Trinajstić information content (AvgIpc) is 2.93. The van der Waals surface area contributed by atoms with Gasteiger partial charge >= 0.3 is 0 Å². The van der Waals surface area contributed by atoms with Crippen molar-refractivity contribution in [2.75, 3.05) is 6.54 Å². The number of nitrogens with one attached hydrogen (secondary N) is 1. The van der Waals surface area contributed by atoms with Crippen LogP contribution in [0.3, 0.4) is 0 Å². The zero-order valence-electron chi connectivity index (χ0n) is 11.0. The normalized spacial score (nSPS) is 43.9. The van der Waals surface area contributed by atoms with Crippen LogP contribution in [0.1, 0.15) is 58.8 Å². The van der Waals surface area contributed by atoms with Crippen LogP contribution in [-0.2, 0) is 0 Å². The standard InChI is InChI=1S/C15H27N/c1-3-11(2)15(10-16-14-6-7-14)9-12-4-5-13(15)8-12/h11-14,16H,3-10H2,1-2H3. The molecule has 0 aromatic rings. The van der Waals surface area contributed by atoms with Crippen LogP contribution in [-0.4, -0.2) is 12.6 Å². The van der Waals surface area contributed by atoms with E-state index in [0.29, 0.717) is 5.41 Å². The van der Waals surface area contributed by atoms with Gasteiger partial charge in [-0.2, -0.15) is 0 Å². The first-order valence-electron chi connectivity index (χ1n) is 7.48. The second-order valence-electron chi connectivity index (χ2n) is 6.78. The highest BCUT2D eigenvalue weighted by Crippen LogP contribution is 2.59. The molecule has 0 spiro atoms. The zero-order chi connectivity index (χ0) is 11.2. The molecule has 3 saturated carbocycles. The summed E-state index contributed by atoms with van der Waals surface area (Å²) in [5.41, 5.74) is 0.681. The maximum Gasteiger partial charge on any atom is 0.00684 e. The summed E-state index contributed by atoms with van der Waals surface area (Å²) in [5.74, 6) is 3.06. The zero-order valence-corrected chi connectivity index (χ0v) is 11.0. The van der Waals surface area contributed by atoms with Crippen LogP contribution in [0.5, 0.6) is 0 Å². The smallest absolute Gasteiger partial charge is 0.00684 e. The van der Waals surface area contributed by atoms with Gasteiger partial charge in [0.2, 0.25) is 0 Å². The Morgan fingerprint density at radius 2 is 2.06 bits per heavy atom. The summed E-state index contributed by atoms with van der Waals surface area (Å²) in [6, 6.07) is 0.889. The molecule has 0 radical (unpaired) electrons. The van der Waals surface area contributed by atoms with E-state index in [2.05, 4.69) is 19.2 Å². The second-order valence-corrected chi connectivity index (χ2v) is 6.78. The second kappa shape index (κ2) is 4.01. The molecule has 0 heterocycles. The highest BCUT2D eigenvalue weighted by Gasteiger charge is 2.52. The van der Waals surface area contributed by atoms with Gasteiger partial charge in [0, 0.05) is 12.6 Å². The Kier molecular flexibility index (Phi) is 2.78. The molecule has 4 atom stereocenters. The predicted octanol–water partition coefficient (Wildman–Crippen LogP) is 3.59. The minimum Gasteiger partial charge on any atom is -0.313 e. The van der Waals surface area contributed by atoms with Crippen molar-refractivity contribution in [3.05, 3.63) is 0 Å². The van der Waals surface area contributed by atoms with Gasteiger partial charge in [0.15, 0.2) is 0 Å². The fourth-order valence-electron chi connectivity index (χ4n) is 4.51. The lowest BCUT2D eigenvalue weighted by atomic mass is 9.64. The van der Waals surface area contributed by atoms with Crippen LogP contribution in [0.15, 0.2) is 0 Å². The summed E-state index contributed by atoms with van der Waals surface area (Å²) in [7, 11) is 0. The highest BCUT2D eigenvalue weighted by molar-refractivity contribution is 5.04. The van der Waals surface area contributed by atoms with Crippen molar-refractivity contribution in [1.82, 2.24) is 5.32 Å². The van der Waals surface area contributed by atoms with Crippen molar-refractivity contribution >= 4 is 0 Å². The lowest BCUT2D eigenvalue weighted by Gasteiger charge is -2.43. The van der Waals surface area contributed by atoms with Gasteiger partial charge in [-0.3, -0.25) is 0 Å². The van der Waals surface area contributed by atoms with Crippen molar-refractivity contribution in [3.63, 3.8) is 0 Å². The molecular formula is C15H27N. The largest absolute Gasteiger partial charge is 0.313 e. The minimum atomic E-state index is 0.681. The summed E-state index contributed by atoms with van der Waals surface area (Å²) in [5, 5.41) is 3.84. The highest BCUT2D eigenvalue weighted by atomic mass is 15.0. The Bertz CT molecular complexity index is 258. The molecule has 4 unspecified atom stereocenters. The Hall–Kier alpha value is -0.0400. The molecule has 0 saturated heterocycles. The van der Waals surface area contributed by atoms with E-state index in [1.54, 1.807) is 6.42 Å². The molecule has 1 heteroatoms. The van der Waals surface area contributed by atoms with Crippen LogP contribution in [0.2, 0.25) is 0 Å². The van der Waals surface area contributed by atoms with Crippen LogP contribution in [0.25, 0.3) is 0 Å². The van der Waals surface area contributed by atoms with E-state index in [1.807, 2.05) is 0 Å². The van der Waals surface area contributed by atoms with E-state index < -0.39 is 0 Å². The number of hydrogen-bond acceptors (Lipinski definition) is 1. The number of rotatable bonds is 5. The summed E-state index contributed by atoms with van der Waals surface area (Å²) < 4.78 is 0. The monoisotopic (exact) mass is 221 g/mol. The van der Waals surface area contributed by atoms with E-state index in [1.165, 1.54) is 45.1 Å². The minimum absolute atomic E-state index is 0.681. The number of hydrogen-bond donors (Lipinski definition) is 1. The average molecular weight is 221 g/mol. The van der Waals surface area contributed by atoms with Crippen molar-refractivity contribution in [3.8, 4) is 0 Å². The van der Waals surface area contributed by atoms with E-state index in [0.717, 1.165) is 23.8 Å². The fourth-order valence-corrected chi connectivity index (χ4v) is 4.51. The topological polar surface area (TPSA) is 12.0 Å². The SMILES string of the molecule is CCC(C)C1(CNC2CC2)CC2CCC1C2. The fraction of sp³-hybridized carbons (Fsp3) is 1.00. The maximum atomic E-state index is 3.84. The molecule has 3 aliphatic carbocycles. The third-order valence-corrected chi connectivity index (χ3v) is 5.91. The van der Waals surface area contributed by atoms with Gasteiger partial charge in [0.1, 0.15) is 0 Å². The van der Waals surface area contributed by atoms with Crippen LogP contribution in [0, 0.1) is 23.2 Å². The number of fused-ring (bicyclic) bond motifs is 2. The molecule has 1 nitrogen and oxygen atoms in total. The van der Waals surface area contributed by atoms with E-state index in [4.69, 9.17) is 0 Å². The van der Waals surface area contributed by atoms with Crippen molar-refractivity contribution in [2.45, 2.75) is 64.8 Å². The molecular weight excluding hydrogens is 194 g/mol. The predicted molar refractivity (Wildman–Crippen MR) is 68.4 cm³/mol. The molecule has 0 aromatic carbocycles. The maximum absolute atomic E-state index is 3.84. The molecule has 1 N–H and O–H groups in total.